The number of carbonyl (C=O) groups excluding carboxylic acids is 1. The molecule has 1 amide bonds. The number of benzene rings is 2. The molecule has 0 saturated heterocycles. The van der Waals surface area contributed by atoms with E-state index in [0.29, 0.717) is 23.7 Å². The maximum Gasteiger partial charge on any atom is 0.243 e. The number of carbonyl (C=O) groups is 1. The van der Waals surface area contributed by atoms with Crippen molar-refractivity contribution in [1.29, 1.82) is 0 Å². The van der Waals surface area contributed by atoms with Gasteiger partial charge in [0.2, 0.25) is 15.9 Å². The quantitative estimate of drug-likeness (QED) is 0.657. The fourth-order valence-corrected chi connectivity index (χ4v) is 3.36. The molecule has 7 heteroatoms. The first-order valence-corrected chi connectivity index (χ1v) is 10.7. The molecule has 0 aliphatic heterocycles. The SMILES string of the molecule is CCCCN(C)C(=O)CN(c1ccccc1Oc1ccccc1)S(C)(=O)=O. The number of para-hydroxylation sites is 3. The molecule has 0 aromatic heterocycles. The highest BCUT2D eigenvalue weighted by Crippen LogP contribution is 2.33. The van der Waals surface area contributed by atoms with Crippen LogP contribution in [-0.2, 0) is 14.8 Å². The number of hydrogen-bond donors (Lipinski definition) is 0. The number of nitrogens with zero attached hydrogens (tertiary/aromatic N) is 2. The Balaban J connectivity index is 2.31. The first-order chi connectivity index (χ1) is 12.8. The second-order valence-corrected chi connectivity index (χ2v) is 8.23. The molecule has 27 heavy (non-hydrogen) atoms. The number of rotatable bonds is 9. The third kappa shape index (κ3) is 5.99. The Morgan fingerprint density at radius 1 is 1.04 bits per heavy atom. The number of sulfonamides is 1. The Hall–Kier alpha value is -2.54. The molecule has 2 aromatic rings. The molecule has 0 spiro atoms. The largest absolute Gasteiger partial charge is 0.455 e. The Morgan fingerprint density at radius 2 is 1.67 bits per heavy atom. The molecular weight excluding hydrogens is 364 g/mol. The van der Waals surface area contributed by atoms with Crippen molar-refractivity contribution in [1.82, 2.24) is 4.90 Å². The van der Waals surface area contributed by atoms with Crippen molar-refractivity contribution < 1.29 is 17.9 Å². The first-order valence-electron chi connectivity index (χ1n) is 8.86. The Bertz CT molecular complexity index is 853. The van der Waals surface area contributed by atoms with Crippen LogP contribution < -0.4 is 9.04 Å². The molecule has 0 saturated carbocycles. The molecule has 0 radical (unpaired) electrons. The highest BCUT2D eigenvalue weighted by Gasteiger charge is 2.25. The van der Waals surface area contributed by atoms with Crippen LogP contribution in [0.1, 0.15) is 19.8 Å². The number of hydrogen-bond acceptors (Lipinski definition) is 4. The minimum absolute atomic E-state index is 0.261. The third-order valence-electron chi connectivity index (χ3n) is 4.06. The van der Waals surface area contributed by atoms with E-state index in [9.17, 15) is 13.2 Å². The predicted molar refractivity (Wildman–Crippen MR) is 108 cm³/mol. The van der Waals surface area contributed by atoms with Crippen LogP contribution in [0.3, 0.4) is 0 Å². The Morgan fingerprint density at radius 3 is 2.30 bits per heavy atom. The van der Waals surface area contributed by atoms with Crippen molar-refractivity contribution in [2.45, 2.75) is 19.8 Å². The normalized spacial score (nSPS) is 11.1. The summed E-state index contributed by atoms with van der Waals surface area (Å²) in [5.74, 6) is 0.700. The van der Waals surface area contributed by atoms with E-state index in [-0.39, 0.29) is 12.5 Å². The fraction of sp³-hybridized carbons (Fsp3) is 0.350. The molecule has 0 N–H and O–H groups in total. The molecule has 0 fully saturated rings. The lowest BCUT2D eigenvalue weighted by molar-refractivity contribution is -0.128. The number of likely N-dealkylation sites (N-methyl/N-ethyl adjacent to an activating group) is 1. The smallest absolute Gasteiger partial charge is 0.243 e. The van der Waals surface area contributed by atoms with E-state index in [1.165, 1.54) is 0 Å². The average molecular weight is 391 g/mol. The molecule has 0 aliphatic rings. The van der Waals surface area contributed by atoms with Gasteiger partial charge >= 0.3 is 0 Å². The van der Waals surface area contributed by atoms with E-state index in [0.717, 1.165) is 23.4 Å². The van der Waals surface area contributed by atoms with Gasteiger partial charge in [-0.15, -0.1) is 0 Å². The van der Waals surface area contributed by atoms with Gasteiger partial charge in [-0.2, -0.15) is 0 Å². The number of ether oxygens (including phenoxy) is 1. The van der Waals surface area contributed by atoms with Gasteiger partial charge < -0.3 is 9.64 Å². The van der Waals surface area contributed by atoms with Crippen molar-refractivity contribution in [3.63, 3.8) is 0 Å². The summed E-state index contributed by atoms with van der Waals surface area (Å²) >= 11 is 0. The van der Waals surface area contributed by atoms with E-state index in [1.54, 1.807) is 48.3 Å². The second kappa shape index (κ2) is 9.41. The lowest BCUT2D eigenvalue weighted by Gasteiger charge is -2.26. The van der Waals surface area contributed by atoms with Crippen LogP contribution in [0.4, 0.5) is 5.69 Å². The van der Waals surface area contributed by atoms with Gasteiger partial charge in [0, 0.05) is 13.6 Å². The van der Waals surface area contributed by atoms with Crippen LogP contribution in [-0.4, -0.2) is 45.6 Å². The number of amides is 1. The van der Waals surface area contributed by atoms with Crippen LogP contribution in [0.15, 0.2) is 54.6 Å². The monoisotopic (exact) mass is 390 g/mol. The van der Waals surface area contributed by atoms with Crippen LogP contribution in [0.5, 0.6) is 11.5 Å². The molecule has 2 aromatic carbocycles. The standard InChI is InChI=1S/C20H26N2O4S/c1-4-5-15-21(2)20(23)16-22(27(3,24)25)18-13-9-10-14-19(18)26-17-11-7-6-8-12-17/h6-14H,4-5,15-16H2,1-3H3. The fourth-order valence-electron chi connectivity index (χ4n) is 2.51. The van der Waals surface area contributed by atoms with Gasteiger partial charge in [0.1, 0.15) is 12.3 Å². The van der Waals surface area contributed by atoms with Crippen molar-refractivity contribution in [2.24, 2.45) is 0 Å². The van der Waals surface area contributed by atoms with E-state index in [1.807, 2.05) is 25.1 Å². The zero-order valence-electron chi connectivity index (χ0n) is 16.0. The average Bonchev–Trinajstić information content (AvgIpc) is 2.64. The van der Waals surface area contributed by atoms with Crippen LogP contribution >= 0.6 is 0 Å². The molecule has 0 atom stereocenters. The van der Waals surface area contributed by atoms with Gasteiger partial charge in [0.15, 0.2) is 5.75 Å². The summed E-state index contributed by atoms with van der Waals surface area (Å²) in [4.78, 5) is 14.1. The van der Waals surface area contributed by atoms with Gasteiger partial charge in [0.05, 0.1) is 11.9 Å². The maximum atomic E-state index is 12.5. The van der Waals surface area contributed by atoms with Crippen LogP contribution in [0.25, 0.3) is 0 Å². The highest BCUT2D eigenvalue weighted by molar-refractivity contribution is 7.92. The summed E-state index contributed by atoms with van der Waals surface area (Å²) in [6.45, 7) is 2.36. The Kier molecular flexibility index (Phi) is 7.24. The van der Waals surface area contributed by atoms with Gasteiger partial charge in [-0.3, -0.25) is 9.10 Å². The topological polar surface area (TPSA) is 66.9 Å². The lowest BCUT2D eigenvalue weighted by Crippen LogP contribution is -2.41. The minimum Gasteiger partial charge on any atom is -0.455 e. The van der Waals surface area contributed by atoms with Crippen molar-refractivity contribution in [3.05, 3.63) is 54.6 Å². The van der Waals surface area contributed by atoms with Gasteiger partial charge in [-0.1, -0.05) is 43.7 Å². The van der Waals surface area contributed by atoms with E-state index < -0.39 is 10.0 Å². The Labute approximate surface area is 161 Å². The summed E-state index contributed by atoms with van der Waals surface area (Å²) in [6, 6.07) is 15.9. The van der Waals surface area contributed by atoms with E-state index >= 15 is 0 Å². The molecule has 0 heterocycles. The second-order valence-electron chi connectivity index (χ2n) is 6.32. The molecule has 0 bridgehead atoms. The van der Waals surface area contributed by atoms with E-state index in [2.05, 4.69) is 0 Å². The predicted octanol–water partition coefficient (Wildman–Crippen LogP) is 3.50. The van der Waals surface area contributed by atoms with Crippen molar-refractivity contribution in [2.75, 3.05) is 30.7 Å². The minimum atomic E-state index is -3.68. The van der Waals surface area contributed by atoms with Crippen LogP contribution in [0, 0.1) is 0 Å². The first kappa shape index (κ1) is 20.8. The van der Waals surface area contributed by atoms with Gasteiger partial charge in [0.25, 0.3) is 0 Å². The maximum absolute atomic E-state index is 12.5. The summed E-state index contributed by atoms with van der Waals surface area (Å²) < 4.78 is 31.8. The summed E-state index contributed by atoms with van der Waals surface area (Å²) in [6.07, 6.45) is 2.92. The summed E-state index contributed by atoms with van der Waals surface area (Å²) in [5, 5.41) is 0. The number of anilines is 1. The van der Waals surface area contributed by atoms with Gasteiger partial charge in [-0.25, -0.2) is 8.42 Å². The summed E-state index contributed by atoms with van der Waals surface area (Å²) in [7, 11) is -1.99. The third-order valence-corrected chi connectivity index (χ3v) is 5.18. The van der Waals surface area contributed by atoms with E-state index in [4.69, 9.17) is 4.74 Å². The molecule has 146 valence electrons. The zero-order chi connectivity index (χ0) is 19.9. The lowest BCUT2D eigenvalue weighted by atomic mass is 10.2. The summed E-state index contributed by atoms with van der Waals surface area (Å²) in [5.41, 5.74) is 0.334. The molecule has 2 rings (SSSR count). The van der Waals surface area contributed by atoms with Crippen molar-refractivity contribution >= 4 is 21.6 Å². The molecule has 0 unspecified atom stereocenters. The highest BCUT2D eigenvalue weighted by atomic mass is 32.2. The molecule has 6 nitrogen and oxygen atoms in total. The zero-order valence-corrected chi connectivity index (χ0v) is 16.8. The van der Waals surface area contributed by atoms with Crippen LogP contribution in [0.2, 0.25) is 0 Å². The molecule has 0 aliphatic carbocycles. The van der Waals surface area contributed by atoms with Gasteiger partial charge in [-0.05, 0) is 30.7 Å². The van der Waals surface area contributed by atoms with Crippen molar-refractivity contribution in [3.8, 4) is 11.5 Å². The number of unbranched alkanes of at least 4 members (excludes halogenated alkanes) is 1. The molecular formula is C20H26N2O4S.